The summed E-state index contributed by atoms with van der Waals surface area (Å²) in [4.78, 5) is 13.4. The number of aliphatic hydroxyl groups is 1. The number of thiophene rings is 1. The first kappa shape index (κ1) is 12.7. The molecule has 0 saturated carbocycles. The molecule has 1 amide bonds. The predicted molar refractivity (Wildman–Crippen MR) is 65.3 cm³/mol. The molecule has 0 fully saturated rings. The summed E-state index contributed by atoms with van der Waals surface area (Å²) < 4.78 is 0.953. The van der Waals surface area contributed by atoms with Crippen LogP contribution in [0.2, 0.25) is 0 Å². The van der Waals surface area contributed by atoms with E-state index in [-0.39, 0.29) is 12.0 Å². The highest BCUT2D eigenvalue weighted by atomic mass is 79.9. The monoisotopic (exact) mass is 291 g/mol. The van der Waals surface area contributed by atoms with Crippen molar-refractivity contribution in [2.75, 3.05) is 13.6 Å². The molecule has 1 rings (SSSR count). The van der Waals surface area contributed by atoms with Crippen molar-refractivity contribution in [2.24, 2.45) is 0 Å². The SMILES string of the molecule is CC(O)CCN(C)C(=O)c1csc(Br)c1. The molecular weight excluding hydrogens is 278 g/mol. The second kappa shape index (κ2) is 5.63. The van der Waals surface area contributed by atoms with E-state index in [9.17, 15) is 4.79 Å². The van der Waals surface area contributed by atoms with E-state index in [1.807, 2.05) is 11.4 Å². The molecule has 0 spiro atoms. The van der Waals surface area contributed by atoms with E-state index in [0.717, 1.165) is 3.79 Å². The summed E-state index contributed by atoms with van der Waals surface area (Å²) in [5.74, 6) is -0.00222. The Labute approximate surface area is 102 Å². The standard InChI is InChI=1S/C10H14BrNO2S/c1-7(13)3-4-12(2)10(14)8-5-9(11)15-6-8/h5-7,13H,3-4H2,1-2H3. The van der Waals surface area contributed by atoms with E-state index in [0.29, 0.717) is 18.5 Å². The van der Waals surface area contributed by atoms with Gasteiger partial charge in [0.25, 0.3) is 5.91 Å². The van der Waals surface area contributed by atoms with E-state index in [4.69, 9.17) is 5.11 Å². The molecule has 1 N–H and O–H groups in total. The second-order valence-corrected chi connectivity index (χ2v) is 5.79. The molecule has 3 nitrogen and oxygen atoms in total. The van der Waals surface area contributed by atoms with Gasteiger partial charge in [0, 0.05) is 19.0 Å². The average molecular weight is 292 g/mol. The molecule has 1 atom stereocenters. The van der Waals surface area contributed by atoms with Gasteiger partial charge in [-0.15, -0.1) is 11.3 Å². The summed E-state index contributed by atoms with van der Waals surface area (Å²) in [5.41, 5.74) is 0.694. The van der Waals surface area contributed by atoms with Crippen molar-refractivity contribution >= 4 is 33.2 Å². The van der Waals surface area contributed by atoms with E-state index < -0.39 is 0 Å². The van der Waals surface area contributed by atoms with Crippen LogP contribution in [0.1, 0.15) is 23.7 Å². The van der Waals surface area contributed by atoms with Gasteiger partial charge in [-0.05, 0) is 35.3 Å². The van der Waals surface area contributed by atoms with Crippen molar-refractivity contribution in [3.63, 3.8) is 0 Å². The molecule has 0 aliphatic heterocycles. The fourth-order valence-electron chi connectivity index (χ4n) is 1.12. The smallest absolute Gasteiger partial charge is 0.254 e. The maximum absolute atomic E-state index is 11.8. The summed E-state index contributed by atoms with van der Waals surface area (Å²) >= 11 is 4.81. The lowest BCUT2D eigenvalue weighted by Gasteiger charge is -2.17. The van der Waals surface area contributed by atoms with Crippen molar-refractivity contribution in [3.8, 4) is 0 Å². The normalized spacial score (nSPS) is 12.5. The van der Waals surface area contributed by atoms with E-state index in [2.05, 4.69) is 15.9 Å². The fraction of sp³-hybridized carbons (Fsp3) is 0.500. The second-order valence-electron chi connectivity index (χ2n) is 3.50. The minimum atomic E-state index is -0.366. The maximum atomic E-state index is 11.8. The zero-order valence-corrected chi connectivity index (χ0v) is 11.1. The van der Waals surface area contributed by atoms with Crippen LogP contribution in [-0.2, 0) is 0 Å². The Morgan fingerprint density at radius 1 is 1.73 bits per heavy atom. The van der Waals surface area contributed by atoms with Gasteiger partial charge in [-0.2, -0.15) is 0 Å². The van der Waals surface area contributed by atoms with Crippen molar-refractivity contribution in [1.29, 1.82) is 0 Å². The van der Waals surface area contributed by atoms with Crippen LogP contribution in [0.15, 0.2) is 15.2 Å². The van der Waals surface area contributed by atoms with Gasteiger partial charge in [-0.3, -0.25) is 4.79 Å². The van der Waals surface area contributed by atoms with E-state index >= 15 is 0 Å². The third-order valence-electron chi connectivity index (χ3n) is 2.04. The van der Waals surface area contributed by atoms with Gasteiger partial charge < -0.3 is 10.0 Å². The van der Waals surface area contributed by atoms with Crippen LogP contribution < -0.4 is 0 Å². The van der Waals surface area contributed by atoms with Gasteiger partial charge in [0.05, 0.1) is 15.5 Å². The number of aliphatic hydroxyl groups excluding tert-OH is 1. The third kappa shape index (κ3) is 3.93. The zero-order valence-electron chi connectivity index (χ0n) is 8.74. The quantitative estimate of drug-likeness (QED) is 0.925. The Morgan fingerprint density at radius 3 is 2.87 bits per heavy atom. The van der Waals surface area contributed by atoms with Crippen LogP contribution >= 0.6 is 27.3 Å². The highest BCUT2D eigenvalue weighted by molar-refractivity contribution is 9.11. The number of carbonyl (C=O) groups excluding carboxylic acids is 1. The third-order valence-corrected chi connectivity index (χ3v) is 3.55. The van der Waals surface area contributed by atoms with Crippen LogP contribution in [0.3, 0.4) is 0 Å². The molecule has 0 aliphatic carbocycles. The number of hydrogen-bond acceptors (Lipinski definition) is 3. The Balaban J connectivity index is 2.53. The van der Waals surface area contributed by atoms with Gasteiger partial charge >= 0.3 is 0 Å². The van der Waals surface area contributed by atoms with Gasteiger partial charge in [0.1, 0.15) is 0 Å². The summed E-state index contributed by atoms with van der Waals surface area (Å²) in [6.07, 6.45) is 0.238. The number of halogens is 1. The minimum absolute atomic E-state index is 0.00222. The average Bonchev–Trinajstić information content (AvgIpc) is 2.60. The predicted octanol–water partition coefficient (Wildman–Crippen LogP) is 2.35. The zero-order chi connectivity index (χ0) is 11.4. The lowest BCUT2D eigenvalue weighted by Crippen LogP contribution is -2.29. The van der Waals surface area contributed by atoms with Crippen molar-refractivity contribution < 1.29 is 9.90 Å². The largest absolute Gasteiger partial charge is 0.393 e. The van der Waals surface area contributed by atoms with Gasteiger partial charge in [0.2, 0.25) is 0 Å². The molecule has 0 aliphatic rings. The molecule has 0 radical (unpaired) electrons. The molecule has 0 bridgehead atoms. The van der Waals surface area contributed by atoms with Gasteiger partial charge in [0.15, 0.2) is 0 Å². The number of carbonyl (C=O) groups is 1. The van der Waals surface area contributed by atoms with E-state index in [1.165, 1.54) is 11.3 Å². The molecule has 0 aromatic carbocycles. The summed E-state index contributed by atoms with van der Waals surface area (Å²) in [6, 6.07) is 1.81. The topological polar surface area (TPSA) is 40.5 Å². The first-order valence-corrected chi connectivity index (χ1v) is 6.35. The molecule has 5 heteroatoms. The first-order valence-electron chi connectivity index (χ1n) is 4.68. The Bertz CT molecular complexity index is 338. The molecule has 84 valence electrons. The Kier molecular flexibility index (Phi) is 4.76. The molecule has 1 heterocycles. The highest BCUT2D eigenvalue weighted by Gasteiger charge is 2.13. The van der Waals surface area contributed by atoms with Crippen molar-refractivity contribution in [3.05, 3.63) is 20.8 Å². The molecule has 15 heavy (non-hydrogen) atoms. The van der Waals surface area contributed by atoms with Crippen molar-refractivity contribution in [2.45, 2.75) is 19.4 Å². The number of nitrogens with zero attached hydrogens (tertiary/aromatic N) is 1. The van der Waals surface area contributed by atoms with Crippen LogP contribution in [-0.4, -0.2) is 35.6 Å². The van der Waals surface area contributed by atoms with E-state index in [1.54, 1.807) is 18.9 Å². The summed E-state index contributed by atoms with van der Waals surface area (Å²) in [6.45, 7) is 2.30. The number of hydrogen-bond donors (Lipinski definition) is 1. The van der Waals surface area contributed by atoms with Gasteiger partial charge in [-0.1, -0.05) is 0 Å². The van der Waals surface area contributed by atoms with Crippen LogP contribution in [0.5, 0.6) is 0 Å². The van der Waals surface area contributed by atoms with Gasteiger partial charge in [-0.25, -0.2) is 0 Å². The Hall–Kier alpha value is -0.390. The molecule has 1 aromatic rings. The lowest BCUT2D eigenvalue weighted by atomic mass is 10.2. The summed E-state index contributed by atoms with van der Waals surface area (Å²) in [7, 11) is 1.75. The minimum Gasteiger partial charge on any atom is -0.393 e. The maximum Gasteiger partial charge on any atom is 0.254 e. The highest BCUT2D eigenvalue weighted by Crippen LogP contribution is 2.21. The molecular formula is C10H14BrNO2S. The summed E-state index contributed by atoms with van der Waals surface area (Å²) in [5, 5.41) is 10.9. The van der Waals surface area contributed by atoms with Crippen LogP contribution in [0.25, 0.3) is 0 Å². The number of amides is 1. The van der Waals surface area contributed by atoms with Crippen molar-refractivity contribution in [1.82, 2.24) is 4.90 Å². The van der Waals surface area contributed by atoms with Crippen LogP contribution in [0, 0.1) is 0 Å². The molecule has 1 aromatic heterocycles. The Morgan fingerprint density at radius 2 is 2.40 bits per heavy atom. The first-order chi connectivity index (χ1) is 7.00. The van der Waals surface area contributed by atoms with Crippen LogP contribution in [0.4, 0.5) is 0 Å². The lowest BCUT2D eigenvalue weighted by molar-refractivity contribution is 0.0769. The molecule has 1 unspecified atom stereocenters. The molecule has 0 saturated heterocycles. The fourth-order valence-corrected chi connectivity index (χ4v) is 2.26. The number of rotatable bonds is 4.